The van der Waals surface area contributed by atoms with Gasteiger partial charge in [-0.1, -0.05) is 0 Å². The zero-order chi connectivity index (χ0) is 14.5. The van der Waals surface area contributed by atoms with E-state index in [1.165, 1.54) is 6.92 Å². The van der Waals surface area contributed by atoms with Gasteiger partial charge >= 0.3 is 12.0 Å². The highest BCUT2D eigenvalue weighted by Gasteiger charge is 2.27. The van der Waals surface area contributed by atoms with Gasteiger partial charge in [-0.15, -0.1) is 0 Å². The lowest BCUT2D eigenvalue weighted by Crippen LogP contribution is -2.49. The van der Waals surface area contributed by atoms with Gasteiger partial charge in [-0.05, 0) is 26.0 Å². The fourth-order valence-electron chi connectivity index (χ4n) is 2.06. The molecular formula is C12H22N2O4S. The summed E-state index contributed by atoms with van der Waals surface area (Å²) in [5.41, 5.74) is -1.42. The minimum absolute atomic E-state index is 0.0550. The van der Waals surface area contributed by atoms with E-state index in [-0.39, 0.29) is 19.0 Å². The number of aliphatic hydroxyl groups is 1. The SMILES string of the molecule is CSC1CCN(C(=O)NCC(C)(O)CC(=O)O)CC1. The summed E-state index contributed by atoms with van der Waals surface area (Å²) >= 11 is 1.82. The molecule has 0 saturated carbocycles. The van der Waals surface area contributed by atoms with Gasteiger partial charge in [0.05, 0.1) is 12.0 Å². The van der Waals surface area contributed by atoms with Crippen molar-refractivity contribution in [3.63, 3.8) is 0 Å². The molecule has 1 aliphatic heterocycles. The molecule has 1 atom stereocenters. The van der Waals surface area contributed by atoms with Crippen molar-refractivity contribution in [2.24, 2.45) is 0 Å². The first-order chi connectivity index (χ1) is 8.84. The number of hydrogen-bond acceptors (Lipinski definition) is 4. The molecule has 7 heteroatoms. The number of carbonyl (C=O) groups excluding carboxylic acids is 1. The average Bonchev–Trinajstić information content (AvgIpc) is 2.34. The lowest BCUT2D eigenvalue weighted by Gasteiger charge is -2.32. The molecule has 0 aromatic rings. The molecular weight excluding hydrogens is 268 g/mol. The van der Waals surface area contributed by atoms with E-state index in [9.17, 15) is 14.7 Å². The fraction of sp³-hybridized carbons (Fsp3) is 0.833. The molecule has 19 heavy (non-hydrogen) atoms. The fourth-order valence-corrected chi connectivity index (χ4v) is 2.74. The molecule has 0 aromatic heterocycles. The summed E-state index contributed by atoms with van der Waals surface area (Å²) in [6.07, 6.45) is 3.63. The van der Waals surface area contributed by atoms with Crippen molar-refractivity contribution >= 4 is 23.8 Å². The van der Waals surface area contributed by atoms with Gasteiger partial charge in [-0.3, -0.25) is 4.79 Å². The molecule has 1 saturated heterocycles. The van der Waals surface area contributed by atoms with Crippen LogP contribution in [-0.2, 0) is 4.79 Å². The number of carboxylic acids is 1. The van der Waals surface area contributed by atoms with Crippen LogP contribution in [0.15, 0.2) is 0 Å². The summed E-state index contributed by atoms with van der Waals surface area (Å²) < 4.78 is 0. The number of thioether (sulfide) groups is 1. The Morgan fingerprint density at radius 1 is 1.42 bits per heavy atom. The Kier molecular flexibility index (Phi) is 5.93. The van der Waals surface area contributed by atoms with Gasteiger partial charge in [0.2, 0.25) is 0 Å². The first-order valence-corrected chi connectivity index (χ1v) is 7.62. The number of hydrogen-bond donors (Lipinski definition) is 3. The van der Waals surface area contributed by atoms with Crippen LogP contribution in [0.1, 0.15) is 26.2 Å². The summed E-state index contributed by atoms with van der Waals surface area (Å²) in [5.74, 6) is -1.08. The quantitative estimate of drug-likeness (QED) is 0.695. The third-order valence-electron chi connectivity index (χ3n) is 3.22. The van der Waals surface area contributed by atoms with E-state index in [0.29, 0.717) is 18.3 Å². The largest absolute Gasteiger partial charge is 0.481 e. The van der Waals surface area contributed by atoms with E-state index in [1.807, 2.05) is 11.8 Å². The molecule has 1 fully saturated rings. The normalized spacial score (nSPS) is 19.8. The van der Waals surface area contributed by atoms with Gasteiger partial charge in [-0.2, -0.15) is 11.8 Å². The van der Waals surface area contributed by atoms with Crippen molar-refractivity contribution in [1.29, 1.82) is 0 Å². The van der Waals surface area contributed by atoms with Crippen molar-refractivity contribution in [3.05, 3.63) is 0 Å². The number of nitrogens with one attached hydrogen (secondary N) is 1. The average molecular weight is 290 g/mol. The zero-order valence-corrected chi connectivity index (χ0v) is 12.2. The molecule has 110 valence electrons. The maximum Gasteiger partial charge on any atom is 0.317 e. The Hall–Kier alpha value is -0.950. The summed E-state index contributed by atoms with van der Waals surface area (Å²) in [4.78, 5) is 24.1. The lowest BCUT2D eigenvalue weighted by atomic mass is 10.0. The maximum absolute atomic E-state index is 11.9. The van der Waals surface area contributed by atoms with E-state index in [2.05, 4.69) is 11.6 Å². The number of carboxylic acid groups (broad SMARTS) is 1. The predicted molar refractivity (Wildman–Crippen MR) is 74.4 cm³/mol. The molecule has 2 amide bonds. The Morgan fingerprint density at radius 3 is 2.47 bits per heavy atom. The molecule has 0 aromatic carbocycles. The van der Waals surface area contributed by atoms with Crippen LogP contribution in [0.5, 0.6) is 0 Å². The molecule has 6 nitrogen and oxygen atoms in total. The smallest absolute Gasteiger partial charge is 0.317 e. The predicted octanol–water partition coefficient (Wildman–Crippen LogP) is 0.749. The number of aliphatic carboxylic acids is 1. The standard InChI is InChI=1S/C12H22N2O4S/c1-12(18,7-10(15)16)8-13-11(17)14-5-3-9(19-2)4-6-14/h9,18H,3-8H2,1-2H3,(H,13,17)(H,15,16). The third kappa shape index (κ3) is 5.69. The van der Waals surface area contributed by atoms with Gasteiger partial charge in [0.1, 0.15) is 0 Å². The maximum atomic E-state index is 11.9. The van der Waals surface area contributed by atoms with E-state index >= 15 is 0 Å². The number of carbonyl (C=O) groups is 2. The summed E-state index contributed by atoms with van der Waals surface area (Å²) in [6, 6.07) is -0.231. The van der Waals surface area contributed by atoms with Crippen molar-refractivity contribution in [1.82, 2.24) is 10.2 Å². The second-order valence-electron chi connectivity index (χ2n) is 5.15. The molecule has 0 bridgehead atoms. The Morgan fingerprint density at radius 2 is 2.00 bits per heavy atom. The van der Waals surface area contributed by atoms with Gasteiger partial charge in [0.25, 0.3) is 0 Å². The number of urea groups is 1. The van der Waals surface area contributed by atoms with Crippen LogP contribution < -0.4 is 5.32 Å². The number of piperidine rings is 1. The molecule has 1 heterocycles. The van der Waals surface area contributed by atoms with Crippen molar-refractivity contribution in [3.8, 4) is 0 Å². The summed E-state index contributed by atoms with van der Waals surface area (Å²) in [7, 11) is 0. The highest BCUT2D eigenvalue weighted by molar-refractivity contribution is 7.99. The Labute approximate surface area is 117 Å². The molecule has 0 radical (unpaired) electrons. The van der Waals surface area contributed by atoms with Crippen LogP contribution in [0.3, 0.4) is 0 Å². The number of nitrogens with zero attached hydrogens (tertiary/aromatic N) is 1. The van der Waals surface area contributed by atoms with Gasteiger partial charge in [0, 0.05) is 24.9 Å². The van der Waals surface area contributed by atoms with Gasteiger partial charge in [-0.25, -0.2) is 4.79 Å². The molecule has 1 unspecified atom stereocenters. The second-order valence-corrected chi connectivity index (χ2v) is 6.29. The highest BCUT2D eigenvalue weighted by atomic mass is 32.2. The molecule has 1 rings (SSSR count). The molecule has 0 aliphatic carbocycles. The lowest BCUT2D eigenvalue weighted by molar-refractivity contribution is -0.141. The molecule has 1 aliphatic rings. The highest BCUT2D eigenvalue weighted by Crippen LogP contribution is 2.20. The van der Waals surface area contributed by atoms with E-state index in [1.54, 1.807) is 4.90 Å². The second kappa shape index (κ2) is 7.00. The van der Waals surface area contributed by atoms with Gasteiger partial charge < -0.3 is 20.4 Å². The Bertz CT molecular complexity index is 328. The van der Waals surface area contributed by atoms with Crippen LogP contribution in [0, 0.1) is 0 Å². The van der Waals surface area contributed by atoms with Crippen LogP contribution in [0.2, 0.25) is 0 Å². The zero-order valence-electron chi connectivity index (χ0n) is 11.4. The molecule has 0 spiro atoms. The first kappa shape index (κ1) is 16.1. The van der Waals surface area contributed by atoms with Gasteiger partial charge in [0.15, 0.2) is 0 Å². The Balaban J connectivity index is 2.33. The van der Waals surface area contributed by atoms with Crippen molar-refractivity contribution in [2.75, 3.05) is 25.9 Å². The monoisotopic (exact) mass is 290 g/mol. The topological polar surface area (TPSA) is 89.9 Å². The van der Waals surface area contributed by atoms with Crippen molar-refractivity contribution < 1.29 is 19.8 Å². The number of amides is 2. The minimum atomic E-state index is -1.42. The van der Waals surface area contributed by atoms with Crippen molar-refractivity contribution in [2.45, 2.75) is 37.0 Å². The van der Waals surface area contributed by atoms with E-state index in [4.69, 9.17) is 5.11 Å². The number of likely N-dealkylation sites (tertiary alicyclic amines) is 1. The first-order valence-electron chi connectivity index (χ1n) is 6.34. The van der Waals surface area contributed by atoms with Crippen LogP contribution in [0.4, 0.5) is 4.79 Å². The summed E-state index contributed by atoms with van der Waals surface area (Å²) in [5, 5.41) is 21.6. The van der Waals surface area contributed by atoms with Crippen LogP contribution in [-0.4, -0.2) is 63.9 Å². The van der Waals surface area contributed by atoms with Crippen LogP contribution >= 0.6 is 11.8 Å². The molecule has 3 N–H and O–H groups in total. The van der Waals surface area contributed by atoms with E-state index in [0.717, 1.165) is 12.8 Å². The minimum Gasteiger partial charge on any atom is -0.481 e. The summed E-state index contributed by atoms with van der Waals surface area (Å²) in [6.45, 7) is 2.76. The third-order valence-corrected chi connectivity index (χ3v) is 4.35. The van der Waals surface area contributed by atoms with Crippen LogP contribution in [0.25, 0.3) is 0 Å². The van der Waals surface area contributed by atoms with E-state index < -0.39 is 11.6 Å². The number of rotatable bonds is 5.